The van der Waals surface area contributed by atoms with Crippen LogP contribution in [-0.2, 0) is 9.59 Å². The number of aromatic nitrogens is 3. The highest BCUT2D eigenvalue weighted by Crippen LogP contribution is 2.46. The van der Waals surface area contributed by atoms with Gasteiger partial charge in [-0.1, -0.05) is 45.9 Å². The molecule has 1 aromatic heterocycles. The molecule has 164 valence electrons. The molecule has 2 aromatic carbocycles. The SMILES string of the molecule is CSc1nnc2c(n1)OC(c1cc(Br)cc(Br)c1OC(C)=O)N(C(C)=O)c1ccccc1-2. The van der Waals surface area contributed by atoms with Crippen molar-refractivity contribution in [2.24, 2.45) is 0 Å². The molecule has 0 saturated heterocycles. The summed E-state index contributed by atoms with van der Waals surface area (Å²) in [7, 11) is 0. The minimum Gasteiger partial charge on any atom is -0.447 e. The average Bonchev–Trinajstić information content (AvgIpc) is 2.89. The summed E-state index contributed by atoms with van der Waals surface area (Å²) in [5.41, 5.74) is 2.08. The fraction of sp³-hybridized carbons (Fsp3) is 0.190. The fourth-order valence-corrected chi connectivity index (χ4v) is 4.99. The molecular formula is C21H16Br2N4O4S. The first kappa shape index (κ1) is 22.7. The fourth-order valence-electron chi connectivity index (χ4n) is 3.36. The normalized spacial score (nSPS) is 14.7. The van der Waals surface area contributed by atoms with E-state index in [0.29, 0.717) is 36.6 Å². The summed E-state index contributed by atoms with van der Waals surface area (Å²) in [6.45, 7) is 2.75. The Morgan fingerprint density at radius 2 is 1.91 bits per heavy atom. The van der Waals surface area contributed by atoms with Crippen molar-refractivity contribution < 1.29 is 19.1 Å². The minimum atomic E-state index is -0.996. The number of thioether (sulfide) groups is 1. The summed E-state index contributed by atoms with van der Waals surface area (Å²) < 4.78 is 13.0. The first-order valence-electron chi connectivity index (χ1n) is 9.32. The van der Waals surface area contributed by atoms with Crippen LogP contribution in [0.5, 0.6) is 11.6 Å². The number of anilines is 1. The molecule has 11 heteroatoms. The van der Waals surface area contributed by atoms with Crippen LogP contribution in [-0.4, -0.2) is 33.3 Å². The Morgan fingerprint density at radius 1 is 1.16 bits per heavy atom. The Hall–Kier alpha value is -2.50. The van der Waals surface area contributed by atoms with Crippen molar-refractivity contribution in [3.05, 3.63) is 50.9 Å². The zero-order valence-corrected chi connectivity index (χ0v) is 21.1. The largest absolute Gasteiger partial charge is 0.447 e. The number of hydrogen-bond acceptors (Lipinski definition) is 8. The lowest BCUT2D eigenvalue weighted by Crippen LogP contribution is -2.36. The van der Waals surface area contributed by atoms with Crippen LogP contribution in [0.25, 0.3) is 11.3 Å². The van der Waals surface area contributed by atoms with Crippen molar-refractivity contribution >= 4 is 61.2 Å². The number of benzene rings is 2. The number of para-hydroxylation sites is 1. The maximum Gasteiger partial charge on any atom is 0.308 e. The molecule has 1 atom stereocenters. The van der Waals surface area contributed by atoms with E-state index in [1.165, 1.54) is 30.5 Å². The molecule has 1 aliphatic rings. The van der Waals surface area contributed by atoms with Crippen molar-refractivity contribution in [3.8, 4) is 22.9 Å². The number of fused-ring (bicyclic) bond motifs is 3. The Bertz CT molecular complexity index is 1240. The Balaban J connectivity index is 2.02. The van der Waals surface area contributed by atoms with Gasteiger partial charge in [0.15, 0.2) is 11.4 Å². The molecule has 0 spiro atoms. The first-order chi connectivity index (χ1) is 15.3. The Kier molecular flexibility index (Phi) is 6.50. The van der Waals surface area contributed by atoms with E-state index in [0.717, 1.165) is 0 Å². The molecule has 32 heavy (non-hydrogen) atoms. The van der Waals surface area contributed by atoms with E-state index in [2.05, 4.69) is 47.0 Å². The van der Waals surface area contributed by atoms with E-state index in [-0.39, 0.29) is 17.5 Å². The number of carbonyl (C=O) groups is 2. The molecule has 0 N–H and O–H groups in total. The molecular weight excluding hydrogens is 564 g/mol. The molecule has 0 saturated carbocycles. The van der Waals surface area contributed by atoms with Gasteiger partial charge in [0.25, 0.3) is 0 Å². The molecule has 0 radical (unpaired) electrons. The van der Waals surface area contributed by atoms with Gasteiger partial charge in [-0.2, -0.15) is 4.98 Å². The van der Waals surface area contributed by atoms with E-state index in [1.807, 2.05) is 24.5 Å². The van der Waals surface area contributed by atoms with Crippen LogP contribution in [0.2, 0.25) is 0 Å². The van der Waals surface area contributed by atoms with Crippen LogP contribution in [0.15, 0.2) is 50.5 Å². The van der Waals surface area contributed by atoms with Gasteiger partial charge < -0.3 is 9.47 Å². The third kappa shape index (κ3) is 4.24. The second-order valence-electron chi connectivity index (χ2n) is 6.73. The maximum atomic E-state index is 12.9. The van der Waals surface area contributed by atoms with Crippen LogP contribution in [0, 0.1) is 0 Å². The predicted octanol–water partition coefficient (Wildman–Crippen LogP) is 5.15. The van der Waals surface area contributed by atoms with Gasteiger partial charge >= 0.3 is 5.97 Å². The van der Waals surface area contributed by atoms with Gasteiger partial charge in [0.2, 0.25) is 23.2 Å². The molecule has 1 amide bonds. The average molecular weight is 580 g/mol. The second-order valence-corrected chi connectivity index (χ2v) is 9.27. The highest BCUT2D eigenvalue weighted by atomic mass is 79.9. The smallest absolute Gasteiger partial charge is 0.308 e. The van der Waals surface area contributed by atoms with E-state index >= 15 is 0 Å². The predicted molar refractivity (Wildman–Crippen MR) is 127 cm³/mol. The van der Waals surface area contributed by atoms with Crippen LogP contribution in [0.1, 0.15) is 25.6 Å². The lowest BCUT2D eigenvalue weighted by atomic mass is 10.1. The zero-order valence-electron chi connectivity index (χ0n) is 17.1. The number of rotatable bonds is 3. The summed E-state index contributed by atoms with van der Waals surface area (Å²) >= 11 is 8.24. The number of hydrogen-bond donors (Lipinski definition) is 0. The minimum absolute atomic E-state index is 0.218. The van der Waals surface area contributed by atoms with Crippen molar-refractivity contribution in [2.45, 2.75) is 25.2 Å². The van der Waals surface area contributed by atoms with Crippen LogP contribution < -0.4 is 14.4 Å². The van der Waals surface area contributed by atoms with Gasteiger partial charge in [-0.3, -0.25) is 14.5 Å². The van der Waals surface area contributed by atoms with Crippen LogP contribution in [0.4, 0.5) is 5.69 Å². The summed E-state index contributed by atoms with van der Waals surface area (Å²) in [6.07, 6.45) is 0.835. The number of halogens is 2. The van der Waals surface area contributed by atoms with E-state index < -0.39 is 12.2 Å². The lowest BCUT2D eigenvalue weighted by molar-refractivity contribution is -0.132. The summed E-state index contributed by atoms with van der Waals surface area (Å²) in [5, 5.41) is 8.88. The van der Waals surface area contributed by atoms with Gasteiger partial charge in [-0.15, -0.1) is 10.2 Å². The van der Waals surface area contributed by atoms with Crippen LogP contribution >= 0.6 is 43.6 Å². The highest BCUT2D eigenvalue weighted by molar-refractivity contribution is 9.11. The number of esters is 1. The van der Waals surface area contributed by atoms with Crippen LogP contribution in [0.3, 0.4) is 0 Å². The standard InChI is InChI=1S/C21H16Br2N4O4S/c1-10(28)27-16-7-5-4-6-13(16)17-19(24-21(32-3)26-25-17)31-20(27)14-8-12(22)9-15(23)18(14)30-11(2)29/h4-9,20H,1-3H3. The summed E-state index contributed by atoms with van der Waals surface area (Å²) in [5.74, 6) is -0.328. The third-order valence-electron chi connectivity index (χ3n) is 4.58. The number of carbonyl (C=O) groups excluding carboxylic acids is 2. The monoisotopic (exact) mass is 578 g/mol. The maximum absolute atomic E-state index is 12.9. The van der Waals surface area contributed by atoms with Gasteiger partial charge in [0.05, 0.1) is 15.7 Å². The topological polar surface area (TPSA) is 94.5 Å². The molecule has 0 aliphatic carbocycles. The number of amides is 1. The Morgan fingerprint density at radius 3 is 2.59 bits per heavy atom. The van der Waals surface area contributed by atoms with E-state index in [1.54, 1.807) is 18.2 Å². The van der Waals surface area contributed by atoms with Crippen molar-refractivity contribution in [3.63, 3.8) is 0 Å². The number of nitrogens with zero attached hydrogens (tertiary/aromatic N) is 4. The van der Waals surface area contributed by atoms with E-state index in [9.17, 15) is 9.59 Å². The van der Waals surface area contributed by atoms with Gasteiger partial charge in [-0.05, 0) is 40.4 Å². The molecule has 0 fully saturated rings. The molecule has 1 unspecified atom stereocenters. The quantitative estimate of drug-likeness (QED) is 0.239. The first-order valence-corrected chi connectivity index (χ1v) is 12.1. The van der Waals surface area contributed by atoms with Gasteiger partial charge in [-0.25, -0.2) is 0 Å². The summed E-state index contributed by atoms with van der Waals surface area (Å²) in [6, 6.07) is 10.8. The molecule has 8 nitrogen and oxygen atoms in total. The highest BCUT2D eigenvalue weighted by Gasteiger charge is 2.37. The molecule has 1 aliphatic heterocycles. The number of ether oxygens (including phenoxy) is 2. The van der Waals surface area contributed by atoms with E-state index in [4.69, 9.17) is 9.47 Å². The van der Waals surface area contributed by atoms with Gasteiger partial charge in [0.1, 0.15) is 0 Å². The second kappa shape index (κ2) is 9.16. The lowest BCUT2D eigenvalue weighted by Gasteiger charge is -2.31. The van der Waals surface area contributed by atoms with Crippen molar-refractivity contribution in [2.75, 3.05) is 11.2 Å². The van der Waals surface area contributed by atoms with Gasteiger partial charge in [0, 0.05) is 23.9 Å². The molecule has 0 bridgehead atoms. The Labute approximate surface area is 205 Å². The molecule has 4 rings (SSSR count). The molecule has 2 heterocycles. The zero-order chi connectivity index (χ0) is 23.0. The summed E-state index contributed by atoms with van der Waals surface area (Å²) in [4.78, 5) is 30.7. The van der Waals surface area contributed by atoms with Crippen molar-refractivity contribution in [1.29, 1.82) is 0 Å². The third-order valence-corrected chi connectivity index (χ3v) is 6.17. The van der Waals surface area contributed by atoms with Crippen molar-refractivity contribution in [1.82, 2.24) is 15.2 Å². The molecule has 3 aromatic rings.